The first kappa shape index (κ1) is 22.0. The molecule has 0 radical (unpaired) electrons. The Hall–Kier alpha value is -4.20. The number of aromatic carboxylic acids is 1. The van der Waals surface area contributed by atoms with Crippen LogP contribution < -0.4 is 5.43 Å². The third-order valence-corrected chi connectivity index (χ3v) is 5.81. The molecule has 1 aromatic heterocycles. The number of Topliss-reactive ketones (excluding diaryl/α,β-unsaturated/α-hetero) is 1. The fourth-order valence-electron chi connectivity index (χ4n) is 4.42. The summed E-state index contributed by atoms with van der Waals surface area (Å²) in [6.07, 6.45) is 1.12. The van der Waals surface area contributed by atoms with Crippen LogP contribution in [-0.2, 0) is 4.79 Å². The van der Waals surface area contributed by atoms with Crippen LogP contribution in [0, 0.1) is 0 Å². The lowest BCUT2D eigenvalue weighted by Gasteiger charge is -2.40. The maximum atomic E-state index is 13.2. The number of carboxylic acid groups (broad SMARTS) is 1. The van der Waals surface area contributed by atoms with Crippen molar-refractivity contribution in [3.63, 3.8) is 0 Å². The van der Waals surface area contributed by atoms with Gasteiger partial charge in [-0.25, -0.2) is 4.79 Å². The minimum atomic E-state index is -1.50. The second-order valence-corrected chi connectivity index (χ2v) is 8.04. The van der Waals surface area contributed by atoms with Crippen molar-refractivity contribution in [2.75, 3.05) is 13.1 Å². The number of carbonyl (C=O) groups is 3. The standard InChI is InChI=1S/C25H22N2O6/c1-15(28)12-26-14-19(20(16-8-4-2-5-9-16)17-10-6-3-7-11-17)27-13-18(25(32)33)22(29)23(30)21(27)24(26)31/h2-11,13,19-20,30H,12,14H2,1H3,(H,32,33)/t19-/m1/s1. The van der Waals surface area contributed by atoms with Crippen LogP contribution in [0.15, 0.2) is 71.7 Å². The highest BCUT2D eigenvalue weighted by Crippen LogP contribution is 2.40. The van der Waals surface area contributed by atoms with Gasteiger partial charge in [-0.3, -0.25) is 14.4 Å². The van der Waals surface area contributed by atoms with Gasteiger partial charge < -0.3 is 19.7 Å². The van der Waals surface area contributed by atoms with Crippen molar-refractivity contribution in [3.8, 4) is 5.75 Å². The van der Waals surface area contributed by atoms with E-state index in [1.54, 1.807) is 0 Å². The quantitative estimate of drug-likeness (QED) is 0.601. The van der Waals surface area contributed by atoms with Gasteiger partial charge >= 0.3 is 5.97 Å². The number of rotatable bonds is 6. The molecule has 1 atom stereocenters. The van der Waals surface area contributed by atoms with E-state index in [0.717, 1.165) is 17.3 Å². The van der Waals surface area contributed by atoms with Gasteiger partial charge in [0.05, 0.1) is 12.6 Å². The van der Waals surface area contributed by atoms with Crippen molar-refractivity contribution in [1.29, 1.82) is 0 Å². The SMILES string of the molecule is CC(=O)CN1C[C@H](C(c2ccccc2)c2ccccc2)n2cc(C(=O)O)c(=O)c(O)c2C1=O. The van der Waals surface area contributed by atoms with Gasteiger partial charge in [-0.2, -0.15) is 0 Å². The number of aromatic hydroxyl groups is 1. The minimum Gasteiger partial charge on any atom is -0.503 e. The molecule has 2 aromatic carbocycles. The van der Waals surface area contributed by atoms with Crippen LogP contribution in [0.3, 0.4) is 0 Å². The summed E-state index contributed by atoms with van der Waals surface area (Å²) in [5.74, 6) is -3.75. The predicted octanol–water partition coefficient (Wildman–Crippen LogP) is 2.67. The first-order chi connectivity index (χ1) is 15.8. The number of ketones is 1. The Morgan fingerprint density at radius 2 is 1.55 bits per heavy atom. The van der Waals surface area contributed by atoms with Gasteiger partial charge in [-0.1, -0.05) is 60.7 Å². The van der Waals surface area contributed by atoms with Gasteiger partial charge in [0.2, 0.25) is 5.43 Å². The average Bonchev–Trinajstić information content (AvgIpc) is 2.79. The number of carboxylic acids is 1. The summed E-state index contributed by atoms with van der Waals surface area (Å²) in [7, 11) is 0. The monoisotopic (exact) mass is 446 g/mol. The third-order valence-electron chi connectivity index (χ3n) is 5.81. The number of pyridine rings is 1. The fraction of sp³-hybridized carbons (Fsp3) is 0.200. The molecular formula is C25H22N2O6. The highest BCUT2D eigenvalue weighted by atomic mass is 16.4. The Balaban J connectivity index is 2.00. The molecule has 8 nitrogen and oxygen atoms in total. The van der Waals surface area contributed by atoms with Crippen LogP contribution in [0.4, 0.5) is 0 Å². The molecule has 0 bridgehead atoms. The summed E-state index contributed by atoms with van der Waals surface area (Å²) in [4.78, 5) is 50.5. The lowest BCUT2D eigenvalue weighted by Crippen LogP contribution is -2.48. The van der Waals surface area contributed by atoms with Gasteiger partial charge in [0.15, 0.2) is 11.4 Å². The topological polar surface area (TPSA) is 117 Å². The first-order valence-corrected chi connectivity index (χ1v) is 10.4. The van der Waals surface area contributed by atoms with E-state index in [0.29, 0.717) is 0 Å². The average molecular weight is 446 g/mol. The van der Waals surface area contributed by atoms with Crippen LogP contribution in [0.1, 0.15) is 50.9 Å². The number of carbonyl (C=O) groups excluding carboxylic acids is 2. The molecule has 168 valence electrons. The summed E-state index contributed by atoms with van der Waals surface area (Å²) in [6, 6.07) is 18.3. The molecule has 1 aliphatic heterocycles. The van der Waals surface area contributed by atoms with Crippen LogP contribution in [0.2, 0.25) is 0 Å². The molecule has 2 N–H and O–H groups in total. The van der Waals surface area contributed by atoms with Gasteiger partial charge in [0.25, 0.3) is 5.91 Å². The molecule has 0 saturated heterocycles. The second kappa shape index (κ2) is 8.74. The largest absolute Gasteiger partial charge is 0.503 e. The summed E-state index contributed by atoms with van der Waals surface area (Å²) in [6.45, 7) is 1.24. The third kappa shape index (κ3) is 4.03. The molecule has 33 heavy (non-hydrogen) atoms. The van der Waals surface area contributed by atoms with E-state index in [4.69, 9.17) is 0 Å². The van der Waals surface area contributed by atoms with Crippen LogP contribution in [0.5, 0.6) is 5.75 Å². The number of nitrogens with zero attached hydrogens (tertiary/aromatic N) is 2. The van der Waals surface area contributed by atoms with E-state index in [1.807, 2.05) is 60.7 Å². The summed E-state index contributed by atoms with van der Waals surface area (Å²) >= 11 is 0. The second-order valence-electron chi connectivity index (χ2n) is 8.04. The molecule has 0 saturated carbocycles. The maximum Gasteiger partial charge on any atom is 0.341 e. The predicted molar refractivity (Wildman–Crippen MR) is 120 cm³/mol. The number of amides is 1. The zero-order valence-electron chi connectivity index (χ0n) is 17.8. The normalized spacial score (nSPS) is 15.4. The number of hydrogen-bond donors (Lipinski definition) is 2. The molecular weight excluding hydrogens is 424 g/mol. The van der Waals surface area contributed by atoms with Crippen LogP contribution in [-0.4, -0.2) is 50.4 Å². The molecule has 8 heteroatoms. The zero-order chi connectivity index (χ0) is 23.7. The number of hydrogen-bond acceptors (Lipinski definition) is 5. The van der Waals surface area contributed by atoms with Crippen molar-refractivity contribution >= 4 is 17.7 Å². The van der Waals surface area contributed by atoms with Crippen LogP contribution in [0.25, 0.3) is 0 Å². The molecule has 0 unspecified atom stereocenters. The Morgan fingerprint density at radius 1 is 1.00 bits per heavy atom. The Kier molecular flexibility index (Phi) is 5.83. The van der Waals surface area contributed by atoms with Crippen molar-refractivity contribution in [1.82, 2.24) is 9.47 Å². The van der Waals surface area contributed by atoms with Gasteiger partial charge in [0.1, 0.15) is 11.3 Å². The van der Waals surface area contributed by atoms with Crippen molar-refractivity contribution < 1.29 is 24.6 Å². The maximum absolute atomic E-state index is 13.2. The molecule has 4 rings (SSSR count). The van der Waals surface area contributed by atoms with E-state index in [1.165, 1.54) is 16.4 Å². The van der Waals surface area contributed by atoms with Crippen molar-refractivity contribution in [2.45, 2.75) is 18.9 Å². The fourth-order valence-corrected chi connectivity index (χ4v) is 4.42. The van der Waals surface area contributed by atoms with E-state index in [-0.39, 0.29) is 30.5 Å². The summed E-state index contributed by atoms with van der Waals surface area (Å²) in [5, 5.41) is 20.1. The Labute approximate surface area is 189 Å². The van der Waals surface area contributed by atoms with Crippen LogP contribution >= 0.6 is 0 Å². The first-order valence-electron chi connectivity index (χ1n) is 10.4. The zero-order valence-corrected chi connectivity index (χ0v) is 17.8. The molecule has 1 amide bonds. The smallest absolute Gasteiger partial charge is 0.341 e. The summed E-state index contributed by atoms with van der Waals surface area (Å²) < 4.78 is 1.38. The lowest BCUT2D eigenvalue weighted by atomic mass is 9.83. The molecule has 0 aliphatic carbocycles. The molecule has 0 spiro atoms. The molecule has 0 fully saturated rings. The Morgan fingerprint density at radius 3 is 2.03 bits per heavy atom. The van der Waals surface area contributed by atoms with E-state index >= 15 is 0 Å². The number of benzene rings is 2. The van der Waals surface area contributed by atoms with Crippen molar-refractivity contribution in [2.24, 2.45) is 0 Å². The number of fused-ring (bicyclic) bond motifs is 1. The van der Waals surface area contributed by atoms with Gasteiger partial charge in [-0.05, 0) is 18.1 Å². The van der Waals surface area contributed by atoms with E-state index in [2.05, 4.69) is 0 Å². The Bertz CT molecular complexity index is 1240. The minimum absolute atomic E-state index is 0.0846. The van der Waals surface area contributed by atoms with E-state index < -0.39 is 34.7 Å². The van der Waals surface area contributed by atoms with Gasteiger partial charge in [0, 0.05) is 18.7 Å². The molecule has 2 heterocycles. The highest BCUT2D eigenvalue weighted by Gasteiger charge is 2.40. The molecule has 1 aliphatic rings. The lowest BCUT2D eigenvalue weighted by molar-refractivity contribution is -0.117. The van der Waals surface area contributed by atoms with Crippen molar-refractivity contribution in [3.05, 3.63) is 99.5 Å². The molecule has 3 aromatic rings. The number of aromatic nitrogens is 1. The van der Waals surface area contributed by atoms with Gasteiger partial charge in [-0.15, -0.1) is 0 Å². The highest BCUT2D eigenvalue weighted by molar-refractivity contribution is 5.99. The summed E-state index contributed by atoms with van der Waals surface area (Å²) in [5.41, 5.74) is -0.298. The van der Waals surface area contributed by atoms with E-state index in [9.17, 15) is 29.4 Å².